The molecule has 1 saturated carbocycles. The fourth-order valence-electron chi connectivity index (χ4n) is 2.86. The van der Waals surface area contributed by atoms with Crippen molar-refractivity contribution in [3.8, 4) is 0 Å². The molecule has 0 aromatic carbocycles. The summed E-state index contributed by atoms with van der Waals surface area (Å²) in [5, 5.41) is 0. The van der Waals surface area contributed by atoms with Crippen molar-refractivity contribution in [3.05, 3.63) is 0 Å². The second-order valence-electron chi connectivity index (χ2n) is 6.67. The summed E-state index contributed by atoms with van der Waals surface area (Å²) in [4.78, 5) is 23.1. The number of hydrogen-bond acceptors (Lipinski definition) is 3. The van der Waals surface area contributed by atoms with E-state index >= 15 is 0 Å². The Bertz CT molecular complexity index is 320. The molecule has 0 saturated heterocycles. The van der Waals surface area contributed by atoms with Gasteiger partial charge in [0.2, 0.25) is 0 Å². The number of Topliss-reactive ketones (excluding diaryl/α,β-unsaturated/α-hetero) is 1. The molecule has 0 bridgehead atoms. The Kier molecular flexibility index (Phi) is 6.02. The summed E-state index contributed by atoms with van der Waals surface area (Å²) in [5.41, 5.74) is 0.282. The van der Waals surface area contributed by atoms with Gasteiger partial charge in [-0.05, 0) is 50.9 Å². The first kappa shape index (κ1) is 16.2. The summed E-state index contributed by atoms with van der Waals surface area (Å²) in [7, 11) is 0. The maximum absolute atomic E-state index is 12.1. The topological polar surface area (TPSA) is 43.4 Å². The third kappa shape index (κ3) is 5.75. The predicted molar refractivity (Wildman–Crippen MR) is 75.8 cm³/mol. The zero-order valence-electron chi connectivity index (χ0n) is 12.8. The zero-order valence-corrected chi connectivity index (χ0v) is 12.8. The van der Waals surface area contributed by atoms with Gasteiger partial charge in [-0.1, -0.05) is 20.8 Å². The highest BCUT2D eigenvalue weighted by Crippen LogP contribution is 2.36. The number of carbonyl (C=O) groups is 2. The van der Waals surface area contributed by atoms with Crippen LogP contribution in [0, 0.1) is 11.3 Å². The number of carbonyl (C=O) groups excluding carboxylic acids is 2. The molecule has 0 spiro atoms. The lowest BCUT2D eigenvalue weighted by Gasteiger charge is -2.35. The van der Waals surface area contributed by atoms with E-state index in [0.717, 1.165) is 25.7 Å². The van der Waals surface area contributed by atoms with Gasteiger partial charge in [0, 0.05) is 6.42 Å². The Morgan fingerprint density at radius 1 is 1.37 bits per heavy atom. The molecule has 1 aliphatic carbocycles. The maximum atomic E-state index is 12.1. The molecule has 2 atom stereocenters. The van der Waals surface area contributed by atoms with Crippen molar-refractivity contribution in [1.82, 2.24) is 0 Å². The highest BCUT2D eigenvalue weighted by molar-refractivity contribution is 5.77. The van der Waals surface area contributed by atoms with Crippen LogP contribution in [0.25, 0.3) is 0 Å². The lowest BCUT2D eigenvalue weighted by Crippen LogP contribution is -2.32. The zero-order chi connectivity index (χ0) is 14.5. The number of hydrogen-bond donors (Lipinski definition) is 0. The van der Waals surface area contributed by atoms with Crippen LogP contribution in [0.15, 0.2) is 0 Å². The Balaban J connectivity index is 2.45. The Labute approximate surface area is 117 Å². The van der Waals surface area contributed by atoms with E-state index in [9.17, 15) is 9.59 Å². The summed E-state index contributed by atoms with van der Waals surface area (Å²) in [6, 6.07) is 0. The van der Waals surface area contributed by atoms with E-state index in [4.69, 9.17) is 4.74 Å². The minimum Gasteiger partial charge on any atom is -0.462 e. The van der Waals surface area contributed by atoms with Gasteiger partial charge in [0.1, 0.15) is 11.9 Å². The lowest BCUT2D eigenvalue weighted by atomic mass is 9.76. The molecule has 0 N–H and O–H groups in total. The molecule has 19 heavy (non-hydrogen) atoms. The van der Waals surface area contributed by atoms with Gasteiger partial charge in [0.25, 0.3) is 0 Å². The Morgan fingerprint density at radius 2 is 2.05 bits per heavy atom. The van der Waals surface area contributed by atoms with E-state index in [-0.39, 0.29) is 29.2 Å². The van der Waals surface area contributed by atoms with E-state index in [1.54, 1.807) is 6.92 Å². The third-order valence-electron chi connectivity index (χ3n) is 4.11. The van der Waals surface area contributed by atoms with Crippen LogP contribution < -0.4 is 0 Å². The van der Waals surface area contributed by atoms with Gasteiger partial charge in [0.05, 0.1) is 5.92 Å². The van der Waals surface area contributed by atoms with Crippen molar-refractivity contribution in [2.45, 2.75) is 78.7 Å². The number of rotatable bonds is 6. The monoisotopic (exact) mass is 268 g/mol. The van der Waals surface area contributed by atoms with Crippen molar-refractivity contribution >= 4 is 11.8 Å². The predicted octanol–water partition coefficient (Wildman–Crippen LogP) is 3.89. The van der Waals surface area contributed by atoms with Crippen LogP contribution in [0.1, 0.15) is 72.6 Å². The molecule has 0 heterocycles. The van der Waals surface area contributed by atoms with E-state index in [1.165, 1.54) is 6.42 Å². The van der Waals surface area contributed by atoms with Crippen molar-refractivity contribution in [1.29, 1.82) is 0 Å². The van der Waals surface area contributed by atoms with Gasteiger partial charge in [-0.25, -0.2) is 0 Å². The first-order valence-corrected chi connectivity index (χ1v) is 7.54. The second-order valence-corrected chi connectivity index (χ2v) is 6.67. The summed E-state index contributed by atoms with van der Waals surface area (Å²) < 4.78 is 5.66. The first-order valence-electron chi connectivity index (χ1n) is 7.54. The van der Waals surface area contributed by atoms with Gasteiger partial charge in [-0.2, -0.15) is 0 Å². The fourth-order valence-corrected chi connectivity index (χ4v) is 2.86. The third-order valence-corrected chi connectivity index (χ3v) is 4.11. The SMILES string of the molecule is CCC(CCC(C)=O)C(=O)OC1CCCC(C)(C)C1. The number of ether oxygens (including phenoxy) is 1. The maximum Gasteiger partial charge on any atom is 0.309 e. The average Bonchev–Trinajstić information content (AvgIpc) is 2.27. The molecule has 0 aromatic heterocycles. The van der Waals surface area contributed by atoms with Crippen molar-refractivity contribution in [3.63, 3.8) is 0 Å². The minimum atomic E-state index is -0.117. The van der Waals surface area contributed by atoms with Crippen LogP contribution in [0.2, 0.25) is 0 Å². The smallest absolute Gasteiger partial charge is 0.309 e. The Hall–Kier alpha value is -0.860. The molecular weight excluding hydrogens is 240 g/mol. The summed E-state index contributed by atoms with van der Waals surface area (Å²) in [6.07, 6.45) is 6.22. The van der Waals surface area contributed by atoms with E-state index in [2.05, 4.69) is 13.8 Å². The average molecular weight is 268 g/mol. The molecule has 0 aromatic rings. The standard InChI is InChI=1S/C16H28O3/c1-5-13(9-8-12(2)17)15(18)19-14-7-6-10-16(3,4)11-14/h13-14H,5-11H2,1-4H3. The normalized spacial score (nSPS) is 23.7. The van der Waals surface area contributed by atoms with Gasteiger partial charge in [0.15, 0.2) is 0 Å². The van der Waals surface area contributed by atoms with Gasteiger partial charge in [-0.15, -0.1) is 0 Å². The van der Waals surface area contributed by atoms with Crippen molar-refractivity contribution in [2.75, 3.05) is 0 Å². The largest absolute Gasteiger partial charge is 0.462 e. The van der Waals surface area contributed by atoms with Gasteiger partial charge >= 0.3 is 5.97 Å². The van der Waals surface area contributed by atoms with E-state index in [0.29, 0.717) is 12.8 Å². The van der Waals surface area contributed by atoms with Crippen molar-refractivity contribution in [2.24, 2.45) is 11.3 Å². The van der Waals surface area contributed by atoms with Gasteiger partial charge in [-0.3, -0.25) is 4.79 Å². The summed E-state index contributed by atoms with van der Waals surface area (Å²) in [5.74, 6) is -0.0783. The second kappa shape index (κ2) is 7.06. The molecule has 3 heteroatoms. The molecule has 110 valence electrons. The quantitative estimate of drug-likeness (QED) is 0.686. The summed E-state index contributed by atoms with van der Waals surface area (Å²) in [6.45, 7) is 8.03. The molecule has 3 nitrogen and oxygen atoms in total. The van der Waals surface area contributed by atoms with Crippen LogP contribution >= 0.6 is 0 Å². The van der Waals surface area contributed by atoms with Crippen molar-refractivity contribution < 1.29 is 14.3 Å². The summed E-state index contributed by atoms with van der Waals surface area (Å²) >= 11 is 0. The highest BCUT2D eigenvalue weighted by atomic mass is 16.5. The van der Waals surface area contributed by atoms with Crippen LogP contribution in [0.4, 0.5) is 0 Å². The van der Waals surface area contributed by atoms with Crippen LogP contribution in [-0.2, 0) is 14.3 Å². The van der Waals surface area contributed by atoms with E-state index < -0.39 is 0 Å². The molecule has 1 aliphatic rings. The first-order chi connectivity index (χ1) is 8.84. The fraction of sp³-hybridized carbons (Fsp3) is 0.875. The number of esters is 1. The minimum absolute atomic E-state index is 0.0719. The number of ketones is 1. The van der Waals surface area contributed by atoms with Crippen LogP contribution in [-0.4, -0.2) is 17.9 Å². The molecule has 0 radical (unpaired) electrons. The highest BCUT2D eigenvalue weighted by Gasteiger charge is 2.31. The van der Waals surface area contributed by atoms with E-state index in [1.807, 2.05) is 6.92 Å². The molecule has 0 aliphatic heterocycles. The van der Waals surface area contributed by atoms with Gasteiger partial charge < -0.3 is 9.53 Å². The van der Waals surface area contributed by atoms with Crippen LogP contribution in [0.3, 0.4) is 0 Å². The molecular formula is C16H28O3. The molecule has 1 fully saturated rings. The lowest BCUT2D eigenvalue weighted by molar-refractivity contribution is -0.157. The molecule has 2 unspecified atom stereocenters. The molecule has 1 rings (SSSR count). The van der Waals surface area contributed by atoms with Crippen LogP contribution in [0.5, 0.6) is 0 Å². The molecule has 0 amide bonds. The Morgan fingerprint density at radius 3 is 2.58 bits per heavy atom.